The summed E-state index contributed by atoms with van der Waals surface area (Å²) in [5.74, 6) is 0. The van der Waals surface area contributed by atoms with Gasteiger partial charge in [0.05, 0.1) is 17.4 Å². The molecule has 0 atom stereocenters. The summed E-state index contributed by atoms with van der Waals surface area (Å²) < 4.78 is 0. The van der Waals surface area contributed by atoms with E-state index in [0.29, 0.717) is 6.54 Å². The SMILES string of the molecule is NCC[P+](Cl)(c1ccccc1)c1ccccc1. The summed E-state index contributed by atoms with van der Waals surface area (Å²) in [5, 5.41) is 2.41. The van der Waals surface area contributed by atoms with E-state index in [0.717, 1.165) is 6.16 Å². The van der Waals surface area contributed by atoms with E-state index in [1.165, 1.54) is 10.6 Å². The van der Waals surface area contributed by atoms with Crippen LogP contribution in [-0.4, -0.2) is 12.7 Å². The molecule has 0 bridgehead atoms. The molecule has 0 saturated carbocycles. The lowest BCUT2D eigenvalue weighted by Crippen LogP contribution is -2.24. The molecule has 2 N–H and O–H groups in total. The van der Waals surface area contributed by atoms with E-state index in [4.69, 9.17) is 17.0 Å². The minimum Gasteiger partial charge on any atom is -0.327 e. The summed E-state index contributed by atoms with van der Waals surface area (Å²) in [6.07, 6.45) is 0.836. The zero-order valence-electron chi connectivity index (χ0n) is 9.59. The van der Waals surface area contributed by atoms with E-state index in [-0.39, 0.29) is 0 Å². The van der Waals surface area contributed by atoms with Crippen LogP contribution in [0.15, 0.2) is 60.7 Å². The van der Waals surface area contributed by atoms with Crippen LogP contribution >= 0.6 is 17.9 Å². The second-order valence-corrected chi connectivity index (χ2v) is 8.54. The van der Waals surface area contributed by atoms with E-state index in [2.05, 4.69) is 24.3 Å². The molecule has 0 amide bonds. The van der Waals surface area contributed by atoms with Gasteiger partial charge in [-0.25, -0.2) is 0 Å². The fourth-order valence-corrected chi connectivity index (χ4v) is 5.34. The number of benzene rings is 2. The number of hydrogen-bond acceptors (Lipinski definition) is 1. The molecule has 0 radical (unpaired) electrons. The van der Waals surface area contributed by atoms with Gasteiger partial charge in [-0.2, -0.15) is 0 Å². The first-order valence-electron chi connectivity index (χ1n) is 5.66. The number of hydrogen-bond donors (Lipinski definition) is 1. The predicted molar refractivity (Wildman–Crippen MR) is 78.8 cm³/mol. The Morgan fingerprint density at radius 1 is 0.824 bits per heavy atom. The van der Waals surface area contributed by atoms with Crippen molar-refractivity contribution in [2.24, 2.45) is 5.73 Å². The Bertz CT molecular complexity index is 419. The average Bonchev–Trinajstić information content (AvgIpc) is 2.41. The van der Waals surface area contributed by atoms with Gasteiger partial charge in [0.25, 0.3) is 0 Å². The van der Waals surface area contributed by atoms with Gasteiger partial charge in [0, 0.05) is 6.54 Å². The summed E-state index contributed by atoms with van der Waals surface area (Å²) in [5.41, 5.74) is 5.73. The lowest BCUT2D eigenvalue weighted by atomic mass is 10.4. The normalized spacial score (nSPS) is 11.4. The lowest BCUT2D eigenvalue weighted by molar-refractivity contribution is 1.14. The molecule has 0 fully saturated rings. The van der Waals surface area contributed by atoms with Gasteiger partial charge in [-0.05, 0) is 24.3 Å². The molecule has 0 saturated heterocycles. The summed E-state index contributed by atoms with van der Waals surface area (Å²) in [4.78, 5) is 0. The van der Waals surface area contributed by atoms with Crippen LogP contribution in [0.5, 0.6) is 0 Å². The molecule has 0 unspecified atom stereocenters. The van der Waals surface area contributed by atoms with Crippen molar-refractivity contribution in [3.8, 4) is 0 Å². The Morgan fingerprint density at radius 2 is 1.24 bits per heavy atom. The Labute approximate surface area is 108 Å². The fourth-order valence-electron chi connectivity index (χ4n) is 1.91. The molecular formula is C14H16ClNP+. The number of halogens is 1. The molecule has 0 aromatic heterocycles. The van der Waals surface area contributed by atoms with Crippen molar-refractivity contribution in [3.05, 3.63) is 60.7 Å². The molecule has 88 valence electrons. The second kappa shape index (κ2) is 5.64. The Morgan fingerprint density at radius 3 is 1.59 bits per heavy atom. The van der Waals surface area contributed by atoms with Crippen molar-refractivity contribution in [3.63, 3.8) is 0 Å². The molecule has 3 heteroatoms. The van der Waals surface area contributed by atoms with Crippen molar-refractivity contribution in [2.45, 2.75) is 0 Å². The van der Waals surface area contributed by atoms with Crippen LogP contribution in [0.3, 0.4) is 0 Å². The van der Waals surface area contributed by atoms with Gasteiger partial charge < -0.3 is 5.73 Å². The van der Waals surface area contributed by atoms with Crippen LogP contribution in [0.2, 0.25) is 0 Å². The second-order valence-electron chi connectivity index (χ2n) is 3.90. The molecule has 2 rings (SSSR count). The van der Waals surface area contributed by atoms with Crippen molar-refractivity contribution >= 4 is 28.5 Å². The minimum atomic E-state index is -1.83. The molecule has 2 aromatic carbocycles. The van der Waals surface area contributed by atoms with E-state index in [9.17, 15) is 0 Å². The average molecular weight is 265 g/mol. The van der Waals surface area contributed by atoms with Gasteiger partial charge >= 0.3 is 0 Å². The quantitative estimate of drug-likeness (QED) is 0.845. The topological polar surface area (TPSA) is 26.0 Å². The molecule has 2 aromatic rings. The van der Waals surface area contributed by atoms with Crippen LogP contribution in [0, 0.1) is 0 Å². The third-order valence-electron chi connectivity index (χ3n) is 2.77. The largest absolute Gasteiger partial charge is 0.327 e. The van der Waals surface area contributed by atoms with E-state index in [1.807, 2.05) is 36.4 Å². The van der Waals surface area contributed by atoms with Crippen LogP contribution < -0.4 is 16.3 Å². The molecule has 0 aliphatic rings. The fraction of sp³-hybridized carbons (Fsp3) is 0.143. The predicted octanol–water partition coefficient (Wildman–Crippen LogP) is 2.77. The monoisotopic (exact) mass is 264 g/mol. The summed E-state index contributed by atoms with van der Waals surface area (Å²) in [6.45, 7) is -1.21. The molecule has 0 spiro atoms. The zero-order valence-corrected chi connectivity index (χ0v) is 11.2. The number of rotatable bonds is 4. The summed E-state index contributed by atoms with van der Waals surface area (Å²) >= 11 is 6.92. The van der Waals surface area contributed by atoms with Crippen molar-refractivity contribution in [2.75, 3.05) is 12.7 Å². The first-order chi connectivity index (χ1) is 8.27. The maximum absolute atomic E-state index is 6.92. The third-order valence-corrected chi connectivity index (χ3v) is 7.55. The van der Waals surface area contributed by atoms with E-state index in [1.54, 1.807) is 0 Å². The van der Waals surface area contributed by atoms with E-state index < -0.39 is 6.62 Å². The highest BCUT2D eigenvalue weighted by Gasteiger charge is 2.40. The van der Waals surface area contributed by atoms with Crippen LogP contribution in [0.1, 0.15) is 0 Å². The molecule has 0 aliphatic carbocycles. The highest BCUT2D eigenvalue weighted by atomic mass is 35.7. The Hall–Kier alpha value is -0.880. The summed E-state index contributed by atoms with van der Waals surface area (Å²) in [7, 11) is 0. The van der Waals surface area contributed by atoms with Gasteiger partial charge in [-0.3, -0.25) is 0 Å². The van der Waals surface area contributed by atoms with Crippen molar-refractivity contribution < 1.29 is 0 Å². The van der Waals surface area contributed by atoms with Crippen molar-refractivity contribution in [1.29, 1.82) is 0 Å². The minimum absolute atomic E-state index is 0.612. The molecule has 1 nitrogen and oxygen atoms in total. The van der Waals surface area contributed by atoms with Gasteiger partial charge in [0.2, 0.25) is 0 Å². The first-order valence-corrected chi connectivity index (χ1v) is 8.54. The van der Waals surface area contributed by atoms with Gasteiger partial charge in [-0.1, -0.05) is 36.4 Å². The Balaban J connectivity index is 2.47. The lowest BCUT2D eigenvalue weighted by Gasteiger charge is -2.18. The standard InChI is InChI=1S/C14H16ClNP/c15-17(12-11-16,13-7-3-1-4-8-13)14-9-5-2-6-10-14/h1-10H,11-12,16H2/q+1. The molecular weight excluding hydrogens is 249 g/mol. The van der Waals surface area contributed by atoms with Crippen LogP contribution in [0.4, 0.5) is 0 Å². The van der Waals surface area contributed by atoms with Gasteiger partial charge in [0.1, 0.15) is 10.6 Å². The smallest absolute Gasteiger partial charge is 0.179 e. The highest BCUT2D eigenvalue weighted by molar-refractivity contribution is 8.09. The molecule has 0 heterocycles. The van der Waals surface area contributed by atoms with Crippen LogP contribution in [0.25, 0.3) is 0 Å². The third kappa shape index (κ3) is 2.69. The van der Waals surface area contributed by atoms with Gasteiger partial charge in [0.15, 0.2) is 6.62 Å². The summed E-state index contributed by atoms with van der Waals surface area (Å²) in [6, 6.07) is 20.6. The maximum atomic E-state index is 6.92. The number of nitrogens with two attached hydrogens (primary N) is 1. The van der Waals surface area contributed by atoms with Crippen LogP contribution in [-0.2, 0) is 0 Å². The maximum Gasteiger partial charge on any atom is 0.179 e. The first kappa shape index (κ1) is 12.6. The van der Waals surface area contributed by atoms with Crippen molar-refractivity contribution in [1.82, 2.24) is 0 Å². The van der Waals surface area contributed by atoms with E-state index >= 15 is 0 Å². The molecule has 17 heavy (non-hydrogen) atoms. The highest BCUT2D eigenvalue weighted by Crippen LogP contribution is 2.60. The zero-order chi connectivity index (χ0) is 12.1. The van der Waals surface area contributed by atoms with Gasteiger partial charge in [-0.15, -0.1) is 0 Å². The molecule has 0 aliphatic heterocycles. The Kier molecular flexibility index (Phi) is 4.17.